The third-order valence-corrected chi connectivity index (χ3v) is 3.61. The lowest BCUT2D eigenvalue weighted by atomic mass is 10.1. The van der Waals surface area contributed by atoms with Crippen molar-refractivity contribution in [2.24, 2.45) is 7.05 Å². The van der Waals surface area contributed by atoms with Gasteiger partial charge in [0.2, 0.25) is 0 Å². The molecule has 0 bridgehead atoms. The fraction of sp³-hybridized carbons (Fsp3) is 0.200. The van der Waals surface area contributed by atoms with Crippen molar-refractivity contribution in [2.75, 3.05) is 5.32 Å². The number of carbonyl (C=O) groups excluding carboxylic acids is 1. The molecule has 0 saturated heterocycles. The van der Waals surface area contributed by atoms with E-state index in [1.54, 1.807) is 26.2 Å². The number of rotatable bonds is 3. The van der Waals surface area contributed by atoms with Gasteiger partial charge in [-0.2, -0.15) is 0 Å². The molecule has 116 valence electrons. The molecular formula is C15H14Cl2N2O3. The molecule has 7 heteroatoms. The third-order valence-electron chi connectivity index (χ3n) is 3.17. The third kappa shape index (κ3) is 3.50. The molecule has 1 atom stereocenters. The van der Waals surface area contributed by atoms with E-state index in [1.807, 2.05) is 0 Å². The number of aryl methyl sites for hydroxylation is 2. The van der Waals surface area contributed by atoms with E-state index in [0.717, 1.165) is 0 Å². The zero-order valence-electron chi connectivity index (χ0n) is 11.9. The molecule has 2 N–H and O–H groups in total. The van der Waals surface area contributed by atoms with Crippen molar-refractivity contribution in [1.82, 2.24) is 4.57 Å². The Labute approximate surface area is 137 Å². The van der Waals surface area contributed by atoms with Gasteiger partial charge in [0.25, 0.3) is 11.5 Å². The Morgan fingerprint density at radius 1 is 1.27 bits per heavy atom. The summed E-state index contributed by atoms with van der Waals surface area (Å²) >= 11 is 11.7. The van der Waals surface area contributed by atoms with Gasteiger partial charge in [0, 0.05) is 23.3 Å². The number of pyridine rings is 1. The summed E-state index contributed by atoms with van der Waals surface area (Å²) in [5.74, 6) is -0.732. The van der Waals surface area contributed by atoms with Crippen LogP contribution in [0.1, 0.15) is 17.2 Å². The summed E-state index contributed by atoms with van der Waals surface area (Å²) in [6, 6.07) is 6.06. The summed E-state index contributed by atoms with van der Waals surface area (Å²) in [5.41, 5.74) is 0.625. The number of aliphatic hydroxyl groups is 1. The second kappa shape index (κ2) is 6.52. The average molecular weight is 341 g/mol. The molecule has 0 saturated carbocycles. The first-order valence-corrected chi connectivity index (χ1v) is 7.16. The van der Waals surface area contributed by atoms with Gasteiger partial charge in [-0.1, -0.05) is 23.2 Å². The molecule has 0 spiro atoms. The normalized spacial score (nSPS) is 12.0. The van der Waals surface area contributed by atoms with Crippen molar-refractivity contribution in [2.45, 2.75) is 13.0 Å². The van der Waals surface area contributed by atoms with Crippen molar-refractivity contribution in [1.29, 1.82) is 0 Å². The molecule has 1 unspecified atom stereocenters. The Hall–Kier alpha value is -1.82. The zero-order valence-corrected chi connectivity index (χ0v) is 13.4. The quantitative estimate of drug-likeness (QED) is 0.902. The number of carbonyl (C=O) groups is 1. The van der Waals surface area contributed by atoms with Gasteiger partial charge in [0.15, 0.2) is 6.10 Å². The molecule has 1 aromatic heterocycles. The molecule has 1 heterocycles. The predicted octanol–water partition coefficient (Wildman–Crippen LogP) is 2.67. The number of anilines is 1. The van der Waals surface area contributed by atoms with Crippen LogP contribution in [0, 0.1) is 6.92 Å². The number of aromatic nitrogens is 1. The van der Waals surface area contributed by atoms with Crippen LogP contribution < -0.4 is 10.9 Å². The monoisotopic (exact) mass is 340 g/mol. The van der Waals surface area contributed by atoms with Crippen LogP contribution >= 0.6 is 23.2 Å². The molecule has 5 nitrogen and oxygen atoms in total. The van der Waals surface area contributed by atoms with Gasteiger partial charge < -0.3 is 15.0 Å². The number of nitrogens with one attached hydrogen (secondary N) is 1. The number of hydrogen-bond acceptors (Lipinski definition) is 3. The van der Waals surface area contributed by atoms with Crippen LogP contribution in [-0.4, -0.2) is 15.6 Å². The first kappa shape index (κ1) is 16.5. The molecular weight excluding hydrogens is 327 g/mol. The van der Waals surface area contributed by atoms with E-state index >= 15 is 0 Å². The second-order valence-electron chi connectivity index (χ2n) is 4.88. The minimum atomic E-state index is -1.49. The average Bonchev–Trinajstić information content (AvgIpc) is 2.45. The zero-order chi connectivity index (χ0) is 16.4. The Kier molecular flexibility index (Phi) is 4.90. The van der Waals surface area contributed by atoms with Crippen molar-refractivity contribution in [3.8, 4) is 0 Å². The van der Waals surface area contributed by atoms with Crippen molar-refractivity contribution < 1.29 is 9.90 Å². The Balaban J connectivity index is 2.29. The lowest BCUT2D eigenvalue weighted by Crippen LogP contribution is -2.28. The van der Waals surface area contributed by atoms with E-state index in [1.165, 1.54) is 22.8 Å². The largest absolute Gasteiger partial charge is 0.378 e. The highest BCUT2D eigenvalue weighted by molar-refractivity contribution is 6.34. The predicted molar refractivity (Wildman–Crippen MR) is 86.5 cm³/mol. The first-order valence-electron chi connectivity index (χ1n) is 6.40. The maximum absolute atomic E-state index is 12.2. The highest BCUT2D eigenvalue weighted by atomic mass is 35.5. The maximum Gasteiger partial charge on any atom is 0.274 e. The molecule has 0 aliphatic carbocycles. The Morgan fingerprint density at radius 2 is 1.86 bits per heavy atom. The second-order valence-corrected chi connectivity index (χ2v) is 5.76. The number of aliphatic hydroxyl groups excluding tert-OH is 1. The number of amides is 1. The fourth-order valence-corrected chi connectivity index (χ4v) is 2.49. The van der Waals surface area contributed by atoms with Crippen molar-refractivity contribution in [3.63, 3.8) is 0 Å². The molecule has 1 amide bonds. The van der Waals surface area contributed by atoms with Gasteiger partial charge in [-0.05, 0) is 42.3 Å². The van der Waals surface area contributed by atoms with E-state index in [4.69, 9.17) is 23.2 Å². The minimum Gasteiger partial charge on any atom is -0.378 e. The summed E-state index contributed by atoms with van der Waals surface area (Å²) in [6.45, 7) is 1.69. The molecule has 0 radical (unpaired) electrons. The van der Waals surface area contributed by atoms with Gasteiger partial charge in [0.05, 0.1) is 0 Å². The lowest BCUT2D eigenvalue weighted by molar-refractivity contribution is -0.124. The van der Waals surface area contributed by atoms with E-state index in [2.05, 4.69) is 5.32 Å². The summed E-state index contributed by atoms with van der Waals surface area (Å²) < 4.78 is 1.34. The standard InChI is InChI=1S/C15H14Cl2N2O3/c1-8-3-4-19(2)15(22)12(8)18-14(21)13(20)9-5-10(16)7-11(17)6-9/h3-7,13,20H,1-2H3,(H,18,21). The SMILES string of the molecule is Cc1ccn(C)c(=O)c1NC(=O)C(O)c1cc(Cl)cc(Cl)c1. The highest BCUT2D eigenvalue weighted by Crippen LogP contribution is 2.24. The highest BCUT2D eigenvalue weighted by Gasteiger charge is 2.20. The number of halogens is 2. The molecule has 2 aromatic rings. The van der Waals surface area contributed by atoms with Crippen LogP contribution in [0.2, 0.25) is 10.0 Å². The smallest absolute Gasteiger partial charge is 0.274 e. The van der Waals surface area contributed by atoms with Gasteiger partial charge in [-0.3, -0.25) is 9.59 Å². The van der Waals surface area contributed by atoms with Gasteiger partial charge in [-0.15, -0.1) is 0 Å². The summed E-state index contributed by atoms with van der Waals surface area (Å²) in [5, 5.41) is 13.2. The molecule has 1 aromatic carbocycles. The Bertz CT molecular complexity index is 767. The van der Waals surface area contributed by atoms with Crippen molar-refractivity contribution >= 4 is 34.8 Å². The molecule has 0 fully saturated rings. The molecule has 2 rings (SSSR count). The Morgan fingerprint density at radius 3 is 2.45 bits per heavy atom. The van der Waals surface area contributed by atoms with E-state index < -0.39 is 12.0 Å². The minimum absolute atomic E-state index is 0.127. The fourth-order valence-electron chi connectivity index (χ4n) is 1.95. The van der Waals surface area contributed by atoms with Gasteiger partial charge in [-0.25, -0.2) is 0 Å². The van der Waals surface area contributed by atoms with Crippen LogP contribution in [0.15, 0.2) is 35.3 Å². The van der Waals surface area contributed by atoms with Gasteiger partial charge in [0.1, 0.15) is 5.69 Å². The number of benzene rings is 1. The molecule has 0 aliphatic rings. The summed E-state index contributed by atoms with van der Waals surface area (Å²) in [6.07, 6.45) is 0.112. The number of nitrogens with zero attached hydrogens (tertiary/aromatic N) is 1. The molecule has 22 heavy (non-hydrogen) atoms. The van der Waals surface area contributed by atoms with Crippen molar-refractivity contribution in [3.05, 3.63) is 62.0 Å². The number of hydrogen-bond donors (Lipinski definition) is 2. The summed E-state index contributed by atoms with van der Waals surface area (Å²) in [4.78, 5) is 24.2. The van der Waals surface area contributed by atoms with E-state index in [-0.39, 0.29) is 16.8 Å². The van der Waals surface area contributed by atoms with Crippen LogP contribution in [0.5, 0.6) is 0 Å². The van der Waals surface area contributed by atoms with Crippen LogP contribution in [0.4, 0.5) is 5.69 Å². The van der Waals surface area contributed by atoms with E-state index in [9.17, 15) is 14.7 Å². The van der Waals surface area contributed by atoms with Crippen LogP contribution in [-0.2, 0) is 11.8 Å². The van der Waals surface area contributed by atoms with E-state index in [0.29, 0.717) is 15.6 Å². The summed E-state index contributed by atoms with van der Waals surface area (Å²) in [7, 11) is 1.57. The molecule has 0 aliphatic heterocycles. The maximum atomic E-state index is 12.2. The first-order chi connectivity index (χ1) is 10.3. The topological polar surface area (TPSA) is 71.3 Å². The van der Waals surface area contributed by atoms with Crippen LogP contribution in [0.3, 0.4) is 0 Å². The lowest BCUT2D eigenvalue weighted by Gasteiger charge is -2.14. The van der Waals surface area contributed by atoms with Crippen LogP contribution in [0.25, 0.3) is 0 Å². The van der Waals surface area contributed by atoms with Gasteiger partial charge >= 0.3 is 0 Å².